The monoisotopic (exact) mass is 867 g/mol. The summed E-state index contributed by atoms with van der Waals surface area (Å²) in [5.74, 6) is -6.97. The molecule has 0 aromatic heterocycles. The molecule has 1 atom stereocenters. The number of nitrogens with one attached hydrogen (secondary N) is 2. The number of amides is 2. The van der Waals surface area contributed by atoms with Crippen molar-refractivity contribution in [3.63, 3.8) is 0 Å². The minimum absolute atomic E-state index is 0.0112. The highest BCUT2D eigenvalue weighted by Crippen LogP contribution is 2.40. The number of aliphatic hydroxyl groups is 1. The van der Waals surface area contributed by atoms with Crippen molar-refractivity contribution in [1.82, 2.24) is 20.6 Å². The number of hydroxylamine groups is 1. The minimum Gasteiger partial charge on any atom is -0.480 e. The lowest BCUT2D eigenvalue weighted by Crippen LogP contribution is -2.39. The van der Waals surface area contributed by atoms with Crippen LogP contribution in [0.25, 0.3) is 0 Å². The fourth-order valence-electron chi connectivity index (χ4n) is 7.48. The Morgan fingerprint density at radius 3 is 1.78 bits per heavy atom. The summed E-state index contributed by atoms with van der Waals surface area (Å²) in [6.45, 7) is 9.92. The van der Waals surface area contributed by atoms with E-state index in [-0.39, 0.29) is 25.7 Å². The molecule has 0 aromatic carbocycles. The van der Waals surface area contributed by atoms with Crippen LogP contribution < -0.4 is 10.8 Å². The predicted molar refractivity (Wildman–Crippen MR) is 230 cm³/mol. The molecule has 5 aliphatic rings. The van der Waals surface area contributed by atoms with Gasteiger partial charge in [0.25, 0.3) is 0 Å². The summed E-state index contributed by atoms with van der Waals surface area (Å²) in [5.41, 5.74) is 8.76. The van der Waals surface area contributed by atoms with Gasteiger partial charge in [0.05, 0.1) is 46.5 Å². The number of rotatable bonds is 19. The molecule has 7 N–H and O–H groups in total. The third-order valence-corrected chi connectivity index (χ3v) is 10.7. The van der Waals surface area contributed by atoms with Gasteiger partial charge in [-0.25, -0.2) is 15.0 Å². The maximum Gasteiger partial charge on any atom is 0.323 e. The van der Waals surface area contributed by atoms with E-state index in [1.165, 1.54) is 6.20 Å². The number of nitrogens with zero attached hydrogens (tertiary/aromatic N) is 5. The van der Waals surface area contributed by atoms with Crippen molar-refractivity contribution < 1.29 is 59.1 Å². The van der Waals surface area contributed by atoms with E-state index in [0.29, 0.717) is 85.7 Å². The van der Waals surface area contributed by atoms with Crippen LogP contribution in [0.1, 0.15) is 60.3 Å². The first-order valence-corrected chi connectivity index (χ1v) is 19.8. The number of carbonyl (C=O) groups is 6. The number of allylic oxidation sites excluding steroid dienone is 11. The van der Waals surface area contributed by atoms with Gasteiger partial charge in [0.1, 0.15) is 31.8 Å². The lowest BCUT2D eigenvalue weighted by molar-refractivity contribution is -0.149. The number of hydrogen-bond acceptors (Lipinski definition) is 13. The minimum atomic E-state index is -1.60. The molecule has 2 amide bonds. The third kappa shape index (κ3) is 10.8. The number of aliphatic carboxylic acids is 4. The Kier molecular flexibility index (Phi) is 14.6. The van der Waals surface area contributed by atoms with E-state index in [9.17, 15) is 54.3 Å². The molecule has 0 fully saturated rings. The summed E-state index contributed by atoms with van der Waals surface area (Å²) in [4.78, 5) is 94.4. The second kappa shape index (κ2) is 19.6. The van der Waals surface area contributed by atoms with Gasteiger partial charge in [0, 0.05) is 35.9 Å². The molecule has 5 heterocycles. The second-order valence-electron chi connectivity index (χ2n) is 15.1. The van der Waals surface area contributed by atoms with Crippen molar-refractivity contribution in [1.29, 1.82) is 0 Å². The Morgan fingerprint density at radius 2 is 1.24 bits per heavy atom. The van der Waals surface area contributed by atoms with Crippen molar-refractivity contribution >= 4 is 52.8 Å². The summed E-state index contributed by atoms with van der Waals surface area (Å²) in [6.07, 6.45) is 11.1. The molecule has 0 spiro atoms. The van der Waals surface area contributed by atoms with Crippen LogP contribution in [0.2, 0.25) is 0 Å². The van der Waals surface area contributed by atoms with Crippen LogP contribution in [-0.4, -0.2) is 127 Å². The third-order valence-electron chi connectivity index (χ3n) is 10.7. The fourth-order valence-corrected chi connectivity index (χ4v) is 7.48. The molecular weight excluding hydrogens is 819 g/mol. The van der Waals surface area contributed by atoms with Crippen LogP contribution in [0.15, 0.2) is 132 Å². The van der Waals surface area contributed by atoms with Gasteiger partial charge >= 0.3 is 23.9 Å². The number of aliphatic imine (C=N–C) groups is 3. The normalized spacial score (nSPS) is 19.2. The summed E-state index contributed by atoms with van der Waals surface area (Å²) < 4.78 is 0. The van der Waals surface area contributed by atoms with E-state index >= 15 is 0 Å². The highest BCUT2D eigenvalue weighted by Gasteiger charge is 2.39. The zero-order valence-corrected chi connectivity index (χ0v) is 35.4. The summed E-state index contributed by atoms with van der Waals surface area (Å²) >= 11 is 0. The lowest BCUT2D eigenvalue weighted by atomic mass is 9.92. The van der Waals surface area contributed by atoms with E-state index in [0.717, 1.165) is 15.4 Å². The first-order valence-electron chi connectivity index (χ1n) is 19.8. The highest BCUT2D eigenvalue weighted by atomic mass is 16.6. The summed E-state index contributed by atoms with van der Waals surface area (Å²) in [7, 11) is 0. The topological polar surface area (TPSA) is 280 Å². The molecule has 5 rings (SSSR count). The molecule has 63 heavy (non-hydrogen) atoms. The van der Waals surface area contributed by atoms with E-state index < -0.39 is 67.5 Å². The largest absolute Gasteiger partial charge is 0.480 e. The number of hydrogen-bond donors (Lipinski definition) is 7. The van der Waals surface area contributed by atoms with Crippen molar-refractivity contribution in [2.75, 3.05) is 32.8 Å². The van der Waals surface area contributed by atoms with Crippen LogP contribution in [0, 0.1) is 0 Å². The Morgan fingerprint density at radius 1 is 0.730 bits per heavy atom. The van der Waals surface area contributed by atoms with Gasteiger partial charge in [0.15, 0.2) is 0 Å². The van der Waals surface area contributed by atoms with Crippen LogP contribution in [-0.2, 0) is 33.6 Å². The van der Waals surface area contributed by atoms with Crippen molar-refractivity contribution in [2.24, 2.45) is 15.0 Å². The smallest absolute Gasteiger partial charge is 0.323 e. The second-order valence-corrected chi connectivity index (χ2v) is 15.1. The van der Waals surface area contributed by atoms with Gasteiger partial charge in [-0.1, -0.05) is 12.7 Å². The van der Waals surface area contributed by atoms with E-state index in [1.807, 2.05) is 6.92 Å². The Bertz CT molecular complexity index is 2420. The van der Waals surface area contributed by atoms with Gasteiger partial charge in [-0.3, -0.25) is 39.1 Å². The van der Waals surface area contributed by atoms with Gasteiger partial charge in [0.2, 0.25) is 11.8 Å². The lowest BCUT2D eigenvalue weighted by Gasteiger charge is -2.21. The van der Waals surface area contributed by atoms with Gasteiger partial charge < -0.3 is 40.6 Å². The molecule has 0 aliphatic carbocycles. The van der Waals surface area contributed by atoms with Crippen LogP contribution in [0.3, 0.4) is 0 Å². The molecule has 0 saturated carbocycles. The van der Waals surface area contributed by atoms with Crippen molar-refractivity contribution in [3.05, 3.63) is 117 Å². The van der Waals surface area contributed by atoms with Gasteiger partial charge in [-0.15, -0.1) is 0 Å². The molecule has 19 nitrogen and oxygen atoms in total. The van der Waals surface area contributed by atoms with Crippen LogP contribution in [0.5, 0.6) is 0 Å². The maximum atomic E-state index is 13.4. The molecule has 19 heteroatoms. The Hall–Kier alpha value is -7.25. The molecule has 0 saturated heterocycles. The standard InChI is InChI=1S/C44H49N7O12/c1-7-26-23(3)30-15-31-24(4)27(9-11-38(52)50(19-40(54)55)20-41(56)57)33(46-31)17-34-28(10-12-39(53)51(21-42(58)59)22-43(60)61)25(5)32(47-34)16-36-29(13-14-45-63-8-2)44(6,62)37(49-36)18-35(26)48-30/h7,13-18,45,49,62H,1,8-12,19-22H2,2-6H3,(H,54,55)(H,56,57)(H,58,59)(H,60,61). The Balaban J connectivity index is 1.71. The number of carboxylic acid groups (broad SMARTS) is 4. The van der Waals surface area contributed by atoms with E-state index in [4.69, 9.17) is 19.8 Å². The molecular formula is C44H49N7O12. The zero-order chi connectivity index (χ0) is 46.3. The zero-order valence-electron chi connectivity index (χ0n) is 35.4. The summed E-state index contributed by atoms with van der Waals surface area (Å²) in [5, 5.41) is 53.0. The SMILES string of the molecule is C=CC1=C(C)C2=CC3=NC(=CC4=NC(=CC5=C(C=CNOCC)C(C)(O)C(=CC1=N2)N5)C(C)=C4CCC(=O)N(CC(=O)O)CC(=O)O)C(CCC(=O)N(CC(=O)O)CC(=O)O)=C3C. The first kappa shape index (κ1) is 46.8. The van der Waals surface area contributed by atoms with Crippen molar-refractivity contribution in [2.45, 2.75) is 65.9 Å². The molecule has 1 unspecified atom stereocenters. The van der Waals surface area contributed by atoms with E-state index in [1.54, 1.807) is 64.2 Å². The quantitative estimate of drug-likeness (QED) is 0.0725. The van der Waals surface area contributed by atoms with Gasteiger partial charge in [-0.2, -0.15) is 0 Å². The highest BCUT2D eigenvalue weighted by molar-refractivity contribution is 6.18. The number of fused-ring (bicyclic) bond motifs is 5. The number of carboxylic acids is 4. The average Bonchev–Trinajstić information content (AvgIpc) is 3.84. The summed E-state index contributed by atoms with van der Waals surface area (Å²) in [6, 6.07) is 0. The average molecular weight is 868 g/mol. The first-order chi connectivity index (χ1) is 29.7. The Labute approximate surface area is 362 Å². The predicted octanol–water partition coefficient (Wildman–Crippen LogP) is 3.25. The van der Waals surface area contributed by atoms with Crippen LogP contribution >= 0.6 is 0 Å². The maximum absolute atomic E-state index is 13.4. The van der Waals surface area contributed by atoms with E-state index in [2.05, 4.69) is 17.4 Å². The number of carbonyl (C=O) groups excluding carboxylic acids is 2. The molecule has 0 radical (unpaired) electrons. The van der Waals surface area contributed by atoms with Crippen molar-refractivity contribution in [3.8, 4) is 0 Å². The molecule has 8 bridgehead atoms. The fraction of sp³-hybridized carbons (Fsp3) is 0.341. The molecule has 332 valence electrons. The van der Waals surface area contributed by atoms with Gasteiger partial charge in [-0.05, 0) is 106 Å². The van der Waals surface area contributed by atoms with Crippen LogP contribution in [0.4, 0.5) is 0 Å². The molecule has 0 aromatic rings. The molecule has 5 aliphatic heterocycles.